The van der Waals surface area contributed by atoms with Crippen molar-refractivity contribution in [2.75, 3.05) is 39.6 Å². The molecule has 0 saturated carbocycles. The maximum Gasteiger partial charge on any atom is 0.472 e. The van der Waals surface area contributed by atoms with Crippen molar-refractivity contribution in [2.45, 2.75) is 329 Å². The number of aliphatic hydroxyl groups excluding tert-OH is 1. The van der Waals surface area contributed by atoms with Crippen molar-refractivity contribution < 1.29 is 80.2 Å². The predicted molar refractivity (Wildman–Crippen MR) is 418 cm³/mol. The van der Waals surface area contributed by atoms with E-state index < -0.39 is 97.5 Å². The molecule has 0 aromatic rings. The van der Waals surface area contributed by atoms with E-state index in [1.807, 2.05) is 12.2 Å². The Hall–Kier alpha value is -4.80. The van der Waals surface area contributed by atoms with Gasteiger partial charge in [-0.05, 0) is 128 Å². The lowest BCUT2D eigenvalue weighted by Gasteiger charge is -2.21. The van der Waals surface area contributed by atoms with E-state index in [1.54, 1.807) is 0 Å². The topological polar surface area (TPSA) is 237 Å². The minimum Gasteiger partial charge on any atom is -0.462 e. The summed E-state index contributed by atoms with van der Waals surface area (Å²) in [5.41, 5.74) is 0. The maximum atomic E-state index is 13.1. The zero-order chi connectivity index (χ0) is 74.6. The van der Waals surface area contributed by atoms with E-state index in [-0.39, 0.29) is 25.7 Å². The van der Waals surface area contributed by atoms with Crippen molar-refractivity contribution in [1.82, 2.24) is 0 Å². The van der Waals surface area contributed by atoms with E-state index >= 15 is 0 Å². The van der Waals surface area contributed by atoms with Crippen LogP contribution in [0.15, 0.2) is 134 Å². The molecule has 102 heavy (non-hydrogen) atoms. The number of aliphatic hydroxyl groups is 1. The van der Waals surface area contributed by atoms with Gasteiger partial charge in [0.2, 0.25) is 0 Å². The standard InChI is InChI=1S/C83H140O17P2/c1-5-9-13-17-21-25-29-33-35-37-38-40-41-45-48-52-56-60-64-68-81(86)94-74-79(100-83(88)70-66-62-58-54-50-46-42-39-36-34-30-26-22-18-14-10-6-2)76-98-102(91,92)96-72-77(84)71-95-101(89,90)97-75-78(99-82(87)69-65-61-57-53-49-44-32-28-24-20-16-12-8-4)73-93-80(85)67-63-59-55-51-47-43-31-27-23-19-15-11-7-3/h9-10,13-15,19,21-22,25-27,31,33-36,38,40,42,46,54,58,77-79,84H,5-8,11-12,16-18,20,23-24,28-30,32,37,39,41,43-45,47-53,55-57,59-76H2,1-4H3,(H,89,90)(H,91,92)/b13-9-,14-10-,19-15-,25-21-,26-22-,31-27-,35-33-,36-34-,40-38-,46-42-,58-54-. The summed E-state index contributed by atoms with van der Waals surface area (Å²) >= 11 is 0. The molecule has 0 bridgehead atoms. The third-order valence-corrected chi connectivity index (χ3v) is 18.0. The summed E-state index contributed by atoms with van der Waals surface area (Å²) in [5.74, 6) is -2.27. The highest BCUT2D eigenvalue weighted by atomic mass is 31.2. The summed E-state index contributed by atoms with van der Waals surface area (Å²) in [4.78, 5) is 72.9. The second-order valence-corrected chi connectivity index (χ2v) is 28.8. The largest absolute Gasteiger partial charge is 0.472 e. The minimum absolute atomic E-state index is 0.00997. The molecule has 0 saturated heterocycles. The van der Waals surface area contributed by atoms with Crippen LogP contribution >= 0.6 is 15.6 Å². The molecule has 0 heterocycles. The van der Waals surface area contributed by atoms with E-state index in [4.69, 9.17) is 37.0 Å². The molecule has 0 aromatic carbocycles. The number of phosphoric acid groups is 2. The molecule has 19 heteroatoms. The van der Waals surface area contributed by atoms with Gasteiger partial charge in [-0.15, -0.1) is 0 Å². The molecule has 17 nitrogen and oxygen atoms in total. The van der Waals surface area contributed by atoms with Crippen molar-refractivity contribution in [3.8, 4) is 0 Å². The molecule has 584 valence electrons. The van der Waals surface area contributed by atoms with Crippen LogP contribution in [0.4, 0.5) is 0 Å². The van der Waals surface area contributed by atoms with E-state index in [9.17, 15) is 43.2 Å². The zero-order valence-electron chi connectivity index (χ0n) is 63.7. The molecule has 0 rings (SSSR count). The van der Waals surface area contributed by atoms with Crippen LogP contribution in [0.3, 0.4) is 0 Å². The highest BCUT2D eigenvalue weighted by molar-refractivity contribution is 7.47. The Labute approximate surface area is 618 Å². The van der Waals surface area contributed by atoms with Gasteiger partial charge in [-0.25, -0.2) is 9.13 Å². The Morgan fingerprint density at radius 2 is 0.539 bits per heavy atom. The van der Waals surface area contributed by atoms with Gasteiger partial charge in [0, 0.05) is 25.7 Å². The third-order valence-electron chi connectivity index (χ3n) is 16.1. The van der Waals surface area contributed by atoms with Crippen LogP contribution in [0.25, 0.3) is 0 Å². The molecule has 5 unspecified atom stereocenters. The van der Waals surface area contributed by atoms with E-state index in [0.29, 0.717) is 32.1 Å². The van der Waals surface area contributed by atoms with Crippen molar-refractivity contribution in [3.05, 3.63) is 134 Å². The van der Waals surface area contributed by atoms with Gasteiger partial charge in [0.25, 0.3) is 0 Å². The number of esters is 4. The summed E-state index contributed by atoms with van der Waals surface area (Å²) in [6, 6.07) is 0. The fourth-order valence-electron chi connectivity index (χ4n) is 10.2. The number of phosphoric ester groups is 2. The fraction of sp³-hybridized carbons (Fsp3) is 0.687. The summed E-state index contributed by atoms with van der Waals surface area (Å²) in [6.45, 7) is 4.50. The molecule has 0 fully saturated rings. The Bertz CT molecular complexity index is 2460. The monoisotopic (exact) mass is 1470 g/mol. The molecular formula is C83H140O17P2. The van der Waals surface area contributed by atoms with Crippen LogP contribution in [0, 0.1) is 0 Å². The highest BCUT2D eigenvalue weighted by Crippen LogP contribution is 2.45. The van der Waals surface area contributed by atoms with Crippen LogP contribution < -0.4 is 0 Å². The molecule has 0 amide bonds. The quantitative estimate of drug-likeness (QED) is 0.0169. The second kappa shape index (κ2) is 74.5. The summed E-state index contributed by atoms with van der Waals surface area (Å²) in [6.07, 6.45) is 83.0. The average molecular weight is 1470 g/mol. The van der Waals surface area contributed by atoms with Gasteiger partial charge in [-0.3, -0.25) is 37.3 Å². The molecule has 0 radical (unpaired) electrons. The van der Waals surface area contributed by atoms with Gasteiger partial charge < -0.3 is 33.8 Å². The predicted octanol–water partition coefficient (Wildman–Crippen LogP) is 22.9. The smallest absolute Gasteiger partial charge is 0.462 e. The number of hydrogen-bond acceptors (Lipinski definition) is 15. The van der Waals surface area contributed by atoms with Gasteiger partial charge in [-0.2, -0.15) is 0 Å². The molecule has 0 aliphatic rings. The Balaban J connectivity index is 5.42. The van der Waals surface area contributed by atoms with E-state index in [0.717, 1.165) is 173 Å². The lowest BCUT2D eigenvalue weighted by atomic mass is 10.0. The lowest BCUT2D eigenvalue weighted by Crippen LogP contribution is -2.30. The van der Waals surface area contributed by atoms with Gasteiger partial charge >= 0.3 is 39.5 Å². The number of carbonyl (C=O) groups is 4. The number of hydrogen-bond donors (Lipinski definition) is 3. The van der Waals surface area contributed by atoms with Crippen LogP contribution in [0.2, 0.25) is 0 Å². The third kappa shape index (κ3) is 73.5. The first-order valence-electron chi connectivity index (χ1n) is 39.4. The maximum absolute atomic E-state index is 13.1. The van der Waals surface area contributed by atoms with Crippen LogP contribution in [-0.2, 0) is 65.4 Å². The minimum atomic E-state index is -5.00. The Kier molecular flexibility index (Phi) is 71.0. The second-order valence-electron chi connectivity index (χ2n) is 25.9. The molecule has 0 spiro atoms. The van der Waals surface area contributed by atoms with E-state index in [2.05, 4.69) is 149 Å². The first kappa shape index (κ1) is 97.2. The summed E-state index contributed by atoms with van der Waals surface area (Å²) < 4.78 is 68.5. The van der Waals surface area contributed by atoms with Gasteiger partial charge in [0.05, 0.1) is 26.4 Å². The summed E-state index contributed by atoms with van der Waals surface area (Å²) in [5, 5.41) is 10.6. The lowest BCUT2D eigenvalue weighted by molar-refractivity contribution is -0.161. The Morgan fingerprint density at radius 1 is 0.284 bits per heavy atom. The highest BCUT2D eigenvalue weighted by Gasteiger charge is 2.30. The number of carbonyl (C=O) groups excluding carboxylic acids is 4. The van der Waals surface area contributed by atoms with Crippen molar-refractivity contribution in [1.29, 1.82) is 0 Å². The normalized spacial score (nSPS) is 14.6. The molecule has 0 aliphatic carbocycles. The van der Waals surface area contributed by atoms with Crippen LogP contribution in [0.1, 0.15) is 310 Å². The number of allylic oxidation sites excluding steroid dienone is 22. The Morgan fingerprint density at radius 3 is 0.863 bits per heavy atom. The van der Waals surface area contributed by atoms with Crippen molar-refractivity contribution in [3.63, 3.8) is 0 Å². The van der Waals surface area contributed by atoms with Gasteiger partial charge in [0.15, 0.2) is 12.2 Å². The average Bonchev–Trinajstić information content (AvgIpc) is 0.908. The fourth-order valence-corrected chi connectivity index (χ4v) is 11.7. The van der Waals surface area contributed by atoms with Crippen LogP contribution in [0.5, 0.6) is 0 Å². The molecule has 0 aliphatic heterocycles. The number of unbranched alkanes of at least 4 members (excludes halogenated alkanes) is 25. The SMILES string of the molecule is CC/C=C\C/C=C\C/C=C\C/C=C\C/C=C\CCCC(=O)OC(COC(=O)CCCCCCCC/C=C\C/C=C\C/C=C\C/C=C\CC)COP(=O)(O)OCC(O)COP(=O)(O)OCC(COC(=O)CCCCCCC/C=C\C/C=C\CCC)OC(=O)CCCCCCCCCCCCCCC. The zero-order valence-corrected chi connectivity index (χ0v) is 65.5. The molecule has 3 N–H and O–H groups in total. The first-order valence-corrected chi connectivity index (χ1v) is 42.4. The molecular weight excluding hydrogens is 1330 g/mol. The first-order chi connectivity index (χ1) is 49.7. The van der Waals surface area contributed by atoms with Crippen molar-refractivity contribution in [2.24, 2.45) is 0 Å². The van der Waals surface area contributed by atoms with Crippen LogP contribution in [-0.4, -0.2) is 96.7 Å². The van der Waals surface area contributed by atoms with Gasteiger partial charge in [-0.1, -0.05) is 290 Å². The molecule has 0 aromatic heterocycles. The number of rotatable bonds is 73. The molecule has 5 atom stereocenters. The van der Waals surface area contributed by atoms with E-state index in [1.165, 1.54) is 51.4 Å². The van der Waals surface area contributed by atoms with Gasteiger partial charge in [0.1, 0.15) is 19.3 Å². The van der Waals surface area contributed by atoms with Crippen molar-refractivity contribution >= 4 is 39.5 Å². The number of ether oxygens (including phenoxy) is 4. The summed E-state index contributed by atoms with van der Waals surface area (Å²) in [7, 11) is -9.98.